The molecule has 0 unspecified atom stereocenters. The SMILES string of the molecule is COc1cc(-c2nn(C3CCNCC3)c3ncnc(N)c23)ccc1NC(=O)c1c[nH]c2ccccc12. The molecule has 0 spiro atoms. The van der Waals surface area contributed by atoms with Crippen LogP contribution in [0.5, 0.6) is 5.75 Å². The minimum Gasteiger partial charge on any atom is -0.495 e. The molecule has 0 atom stereocenters. The van der Waals surface area contributed by atoms with Gasteiger partial charge in [-0.3, -0.25) is 4.79 Å². The van der Waals surface area contributed by atoms with E-state index in [-0.39, 0.29) is 11.9 Å². The third kappa shape index (κ3) is 3.72. The topological polar surface area (TPSA) is 136 Å². The third-order valence-electron chi connectivity index (χ3n) is 6.73. The first-order valence-electron chi connectivity index (χ1n) is 11.9. The number of aromatic amines is 1. The molecular formula is C26H26N8O2. The molecule has 182 valence electrons. The number of nitrogens with two attached hydrogens (primary N) is 1. The maximum atomic E-state index is 13.1. The van der Waals surface area contributed by atoms with Crippen molar-refractivity contribution in [2.24, 2.45) is 0 Å². The second-order valence-electron chi connectivity index (χ2n) is 8.85. The summed E-state index contributed by atoms with van der Waals surface area (Å²) in [7, 11) is 1.57. The number of carbonyl (C=O) groups is 1. The van der Waals surface area contributed by atoms with Gasteiger partial charge in [0.2, 0.25) is 0 Å². The van der Waals surface area contributed by atoms with Crippen molar-refractivity contribution in [3.05, 3.63) is 60.6 Å². The lowest BCUT2D eigenvalue weighted by molar-refractivity contribution is 0.102. The number of nitrogen functional groups attached to an aromatic ring is 1. The standard InChI is InChI=1S/C26H26N8O2/c1-36-21-12-15(6-7-20(21)32-26(35)18-13-29-19-5-3-2-4-17(18)19)23-22-24(27)30-14-31-25(22)34(33-23)16-8-10-28-11-9-16/h2-7,12-14,16,28-29H,8-11H2,1H3,(H,32,35)(H2,27,30,31). The van der Waals surface area contributed by atoms with Gasteiger partial charge < -0.3 is 26.1 Å². The summed E-state index contributed by atoms with van der Waals surface area (Å²) in [5.41, 5.74) is 10.5. The number of hydrogen-bond donors (Lipinski definition) is 4. The molecule has 1 fully saturated rings. The summed E-state index contributed by atoms with van der Waals surface area (Å²) >= 11 is 0. The van der Waals surface area contributed by atoms with E-state index in [1.165, 1.54) is 6.33 Å². The molecule has 1 aliphatic heterocycles. The summed E-state index contributed by atoms with van der Waals surface area (Å²) in [5, 5.41) is 12.9. The average molecular weight is 483 g/mol. The number of ether oxygens (including phenoxy) is 1. The van der Waals surface area contributed by atoms with Crippen LogP contribution in [-0.4, -0.2) is 50.8 Å². The summed E-state index contributed by atoms with van der Waals surface area (Å²) < 4.78 is 7.63. The highest BCUT2D eigenvalue weighted by molar-refractivity contribution is 6.13. The molecule has 0 bridgehead atoms. The van der Waals surface area contributed by atoms with Gasteiger partial charge in [0, 0.05) is 22.7 Å². The number of anilines is 2. The van der Waals surface area contributed by atoms with Crippen LogP contribution in [0.1, 0.15) is 29.2 Å². The van der Waals surface area contributed by atoms with E-state index in [4.69, 9.17) is 15.6 Å². The Morgan fingerprint density at radius 1 is 1.17 bits per heavy atom. The first kappa shape index (κ1) is 22.1. The highest BCUT2D eigenvalue weighted by atomic mass is 16.5. The van der Waals surface area contributed by atoms with E-state index < -0.39 is 0 Å². The molecule has 10 heteroatoms. The van der Waals surface area contributed by atoms with Crippen LogP contribution in [0, 0.1) is 0 Å². The average Bonchev–Trinajstić information content (AvgIpc) is 3.52. The summed E-state index contributed by atoms with van der Waals surface area (Å²) in [6, 6.07) is 13.5. The lowest BCUT2D eigenvalue weighted by Gasteiger charge is -2.23. The highest BCUT2D eigenvalue weighted by Crippen LogP contribution is 2.37. The number of hydrogen-bond acceptors (Lipinski definition) is 7. The normalized spacial score (nSPS) is 14.4. The van der Waals surface area contributed by atoms with Gasteiger partial charge in [-0.25, -0.2) is 14.6 Å². The van der Waals surface area contributed by atoms with Crippen LogP contribution in [-0.2, 0) is 0 Å². The predicted octanol–water partition coefficient (Wildman–Crippen LogP) is 3.74. The van der Waals surface area contributed by atoms with Crippen LogP contribution in [0.3, 0.4) is 0 Å². The zero-order valence-corrected chi connectivity index (χ0v) is 19.8. The van der Waals surface area contributed by atoms with Gasteiger partial charge in [-0.05, 0) is 44.1 Å². The van der Waals surface area contributed by atoms with Crippen molar-refractivity contribution in [3.8, 4) is 17.0 Å². The molecule has 1 amide bonds. The van der Waals surface area contributed by atoms with Crippen molar-refractivity contribution in [1.82, 2.24) is 30.0 Å². The van der Waals surface area contributed by atoms with Crippen molar-refractivity contribution in [3.63, 3.8) is 0 Å². The third-order valence-corrected chi connectivity index (χ3v) is 6.73. The molecule has 0 radical (unpaired) electrons. The van der Waals surface area contributed by atoms with E-state index in [9.17, 15) is 4.79 Å². The molecule has 1 saturated heterocycles. The van der Waals surface area contributed by atoms with Gasteiger partial charge in [-0.1, -0.05) is 24.3 Å². The van der Waals surface area contributed by atoms with Gasteiger partial charge in [0.05, 0.1) is 29.8 Å². The Morgan fingerprint density at radius 2 is 2.00 bits per heavy atom. The zero-order valence-electron chi connectivity index (χ0n) is 19.8. The number of aromatic nitrogens is 5. The number of nitrogens with one attached hydrogen (secondary N) is 3. The number of benzene rings is 2. The molecule has 1 aliphatic rings. The number of rotatable bonds is 5. The van der Waals surface area contributed by atoms with E-state index in [1.807, 2.05) is 47.1 Å². The number of H-pyrrole nitrogens is 1. The molecule has 36 heavy (non-hydrogen) atoms. The fourth-order valence-electron chi connectivity index (χ4n) is 4.89. The molecule has 6 rings (SSSR count). The molecule has 5 N–H and O–H groups in total. The quantitative estimate of drug-likeness (QED) is 0.300. The second kappa shape index (κ2) is 8.97. The molecule has 3 aromatic heterocycles. The smallest absolute Gasteiger partial charge is 0.257 e. The van der Waals surface area contributed by atoms with Crippen LogP contribution in [0.25, 0.3) is 33.2 Å². The van der Waals surface area contributed by atoms with E-state index in [0.717, 1.165) is 48.0 Å². The second-order valence-corrected chi connectivity index (χ2v) is 8.85. The molecule has 10 nitrogen and oxygen atoms in total. The van der Waals surface area contributed by atoms with Crippen LogP contribution in [0.4, 0.5) is 11.5 Å². The Balaban J connectivity index is 1.37. The van der Waals surface area contributed by atoms with Crippen LogP contribution >= 0.6 is 0 Å². The van der Waals surface area contributed by atoms with Crippen molar-refractivity contribution >= 4 is 39.3 Å². The number of amides is 1. The Morgan fingerprint density at radius 3 is 2.83 bits per heavy atom. The number of piperidine rings is 1. The molecular weight excluding hydrogens is 456 g/mol. The minimum atomic E-state index is -0.225. The predicted molar refractivity (Wildman–Crippen MR) is 139 cm³/mol. The highest BCUT2D eigenvalue weighted by Gasteiger charge is 2.24. The van der Waals surface area contributed by atoms with Gasteiger partial charge >= 0.3 is 0 Å². The zero-order chi connectivity index (χ0) is 24.6. The van der Waals surface area contributed by atoms with Crippen LogP contribution in [0.2, 0.25) is 0 Å². The molecule has 4 heterocycles. The Hall–Kier alpha value is -4.44. The molecule has 0 aliphatic carbocycles. The van der Waals surface area contributed by atoms with Gasteiger partial charge in [-0.15, -0.1) is 0 Å². The van der Waals surface area contributed by atoms with Gasteiger partial charge in [-0.2, -0.15) is 5.10 Å². The van der Waals surface area contributed by atoms with Crippen LogP contribution in [0.15, 0.2) is 55.0 Å². The molecule has 5 aromatic rings. The number of carbonyl (C=O) groups excluding carboxylic acids is 1. The lowest BCUT2D eigenvalue weighted by atomic mass is 10.1. The fraction of sp³-hybridized carbons (Fsp3) is 0.231. The summed E-state index contributed by atoms with van der Waals surface area (Å²) in [4.78, 5) is 24.9. The van der Waals surface area contributed by atoms with Gasteiger partial charge in [0.1, 0.15) is 23.6 Å². The van der Waals surface area contributed by atoms with E-state index in [1.54, 1.807) is 13.3 Å². The summed E-state index contributed by atoms with van der Waals surface area (Å²) in [6.07, 6.45) is 5.11. The van der Waals surface area contributed by atoms with Crippen molar-refractivity contribution in [2.75, 3.05) is 31.2 Å². The largest absolute Gasteiger partial charge is 0.495 e. The fourth-order valence-corrected chi connectivity index (χ4v) is 4.89. The maximum Gasteiger partial charge on any atom is 0.257 e. The number of nitrogens with zero attached hydrogens (tertiary/aromatic N) is 4. The number of methoxy groups -OCH3 is 1. The summed E-state index contributed by atoms with van der Waals surface area (Å²) in [5.74, 6) is 0.670. The first-order chi connectivity index (χ1) is 17.6. The van der Waals surface area contributed by atoms with E-state index >= 15 is 0 Å². The van der Waals surface area contributed by atoms with Crippen molar-refractivity contribution in [2.45, 2.75) is 18.9 Å². The first-order valence-corrected chi connectivity index (χ1v) is 11.9. The monoisotopic (exact) mass is 482 g/mol. The number of para-hydroxylation sites is 1. The van der Waals surface area contributed by atoms with Crippen molar-refractivity contribution in [1.29, 1.82) is 0 Å². The maximum absolute atomic E-state index is 13.1. The van der Waals surface area contributed by atoms with Crippen LogP contribution < -0.4 is 21.1 Å². The number of fused-ring (bicyclic) bond motifs is 2. The Kier molecular flexibility index (Phi) is 5.49. The summed E-state index contributed by atoms with van der Waals surface area (Å²) in [6.45, 7) is 1.86. The lowest BCUT2D eigenvalue weighted by Crippen LogP contribution is -2.30. The van der Waals surface area contributed by atoms with E-state index in [0.29, 0.717) is 33.9 Å². The minimum absolute atomic E-state index is 0.225. The molecule has 0 saturated carbocycles. The van der Waals surface area contributed by atoms with E-state index in [2.05, 4.69) is 25.6 Å². The van der Waals surface area contributed by atoms with Crippen molar-refractivity contribution < 1.29 is 9.53 Å². The van der Waals surface area contributed by atoms with Gasteiger partial charge in [0.25, 0.3) is 5.91 Å². The molecule has 2 aromatic carbocycles. The van der Waals surface area contributed by atoms with Gasteiger partial charge in [0.15, 0.2) is 5.65 Å². The Bertz CT molecular complexity index is 1580. The Labute approximate surface area is 206 Å².